The number of rotatable bonds is 3. The van der Waals surface area contributed by atoms with Crippen LogP contribution in [-0.2, 0) is 4.79 Å². The number of likely N-dealkylation sites (tertiary alicyclic amines) is 2. The molecule has 1 unspecified atom stereocenters. The smallest absolute Gasteiger partial charge is 0.255 e. The molecule has 0 aromatic carbocycles. The summed E-state index contributed by atoms with van der Waals surface area (Å²) in [5.74, 6) is 1.09. The summed E-state index contributed by atoms with van der Waals surface area (Å²) in [5.41, 5.74) is 1.33. The minimum atomic E-state index is -0.318. The fraction of sp³-hybridized carbons (Fsp3) is 0.684. The average Bonchev–Trinajstić information content (AvgIpc) is 3.14. The number of hydrogen-bond acceptors (Lipinski definition) is 2. The van der Waals surface area contributed by atoms with Gasteiger partial charge in [0.15, 0.2) is 0 Å². The molecule has 1 aliphatic carbocycles. The molecular formula is C19H27N3O2. The number of aromatic nitrogens is 1. The van der Waals surface area contributed by atoms with Crippen LogP contribution in [0.2, 0.25) is 0 Å². The molecule has 1 aromatic heterocycles. The lowest BCUT2D eigenvalue weighted by Crippen LogP contribution is -2.52. The predicted octanol–water partition coefficient (Wildman–Crippen LogP) is 2.58. The summed E-state index contributed by atoms with van der Waals surface area (Å²) in [6, 6.07) is 1.84. The Kier molecular flexibility index (Phi) is 3.89. The van der Waals surface area contributed by atoms with Crippen LogP contribution in [0.15, 0.2) is 12.3 Å². The van der Waals surface area contributed by atoms with E-state index in [0.717, 1.165) is 43.6 Å². The molecule has 5 heteroatoms. The normalized spacial score (nSPS) is 27.8. The van der Waals surface area contributed by atoms with E-state index in [1.807, 2.05) is 17.9 Å². The predicted molar refractivity (Wildman–Crippen MR) is 91.6 cm³/mol. The van der Waals surface area contributed by atoms with Gasteiger partial charge in [-0.05, 0) is 51.0 Å². The second-order valence-electron chi connectivity index (χ2n) is 7.93. The summed E-state index contributed by atoms with van der Waals surface area (Å²) in [7, 11) is 0. The number of hydrogen-bond donors (Lipinski definition) is 1. The van der Waals surface area contributed by atoms with Gasteiger partial charge in [0.2, 0.25) is 5.91 Å². The van der Waals surface area contributed by atoms with Crippen LogP contribution >= 0.6 is 0 Å². The van der Waals surface area contributed by atoms with E-state index in [0.29, 0.717) is 24.9 Å². The van der Waals surface area contributed by atoms with E-state index in [1.54, 1.807) is 6.20 Å². The van der Waals surface area contributed by atoms with Crippen molar-refractivity contribution in [3.8, 4) is 0 Å². The highest BCUT2D eigenvalue weighted by Gasteiger charge is 2.49. The molecule has 4 rings (SSSR count). The quantitative estimate of drug-likeness (QED) is 0.926. The number of nitrogens with one attached hydrogen (secondary N) is 1. The maximum Gasteiger partial charge on any atom is 0.255 e. The van der Waals surface area contributed by atoms with Crippen LogP contribution in [-0.4, -0.2) is 52.8 Å². The third kappa shape index (κ3) is 2.54. The molecule has 0 bridgehead atoms. The van der Waals surface area contributed by atoms with E-state index >= 15 is 0 Å². The highest BCUT2D eigenvalue weighted by molar-refractivity contribution is 5.96. The Bertz CT molecular complexity index is 649. The molecule has 3 fully saturated rings. The lowest BCUT2D eigenvalue weighted by molar-refractivity contribution is -0.146. The molecule has 1 spiro atoms. The van der Waals surface area contributed by atoms with E-state index in [9.17, 15) is 9.59 Å². The van der Waals surface area contributed by atoms with E-state index in [1.165, 1.54) is 19.3 Å². The molecule has 5 nitrogen and oxygen atoms in total. The van der Waals surface area contributed by atoms with Crippen molar-refractivity contribution < 1.29 is 9.59 Å². The maximum absolute atomic E-state index is 13.1. The number of H-pyrrole nitrogens is 1. The first-order chi connectivity index (χ1) is 11.6. The van der Waals surface area contributed by atoms with E-state index in [4.69, 9.17) is 0 Å². The first kappa shape index (κ1) is 15.7. The summed E-state index contributed by atoms with van der Waals surface area (Å²) < 4.78 is 0. The lowest BCUT2D eigenvalue weighted by Gasteiger charge is -2.42. The second kappa shape index (κ2) is 5.94. The summed E-state index contributed by atoms with van der Waals surface area (Å²) in [6.07, 6.45) is 8.49. The van der Waals surface area contributed by atoms with Crippen LogP contribution in [0, 0.1) is 18.3 Å². The highest BCUT2D eigenvalue weighted by Crippen LogP contribution is 2.41. The maximum atomic E-state index is 13.1. The molecule has 3 aliphatic rings. The van der Waals surface area contributed by atoms with Crippen molar-refractivity contribution in [1.29, 1.82) is 0 Å². The van der Waals surface area contributed by atoms with Crippen molar-refractivity contribution in [2.45, 2.75) is 45.4 Å². The summed E-state index contributed by atoms with van der Waals surface area (Å²) in [6.45, 7) is 5.06. The van der Waals surface area contributed by atoms with E-state index in [-0.39, 0.29) is 11.3 Å². The van der Waals surface area contributed by atoms with Gasteiger partial charge >= 0.3 is 0 Å². The Morgan fingerprint density at radius 1 is 1.29 bits per heavy atom. The van der Waals surface area contributed by atoms with Crippen LogP contribution < -0.4 is 0 Å². The molecule has 1 atom stereocenters. The molecule has 2 amide bonds. The van der Waals surface area contributed by atoms with Crippen molar-refractivity contribution >= 4 is 11.8 Å². The van der Waals surface area contributed by atoms with Gasteiger partial charge < -0.3 is 14.8 Å². The fourth-order valence-electron chi connectivity index (χ4n) is 4.59. The number of nitrogens with zero attached hydrogens (tertiary/aromatic N) is 2. The van der Waals surface area contributed by atoms with Crippen molar-refractivity contribution in [2.24, 2.45) is 11.3 Å². The first-order valence-corrected chi connectivity index (χ1v) is 9.32. The second-order valence-corrected chi connectivity index (χ2v) is 7.93. The molecule has 3 heterocycles. The Morgan fingerprint density at radius 2 is 2.12 bits per heavy atom. The SMILES string of the molecule is Cc1[nH]ccc1C(=O)N1CCC2(CCCN(CC3CCC3)C2=O)C1. The zero-order chi connectivity index (χ0) is 16.7. The van der Waals surface area contributed by atoms with Gasteiger partial charge in [0.1, 0.15) is 0 Å². The number of amides is 2. The number of piperidine rings is 1. The minimum Gasteiger partial charge on any atom is -0.365 e. The molecule has 2 aliphatic heterocycles. The summed E-state index contributed by atoms with van der Waals surface area (Å²) in [5, 5.41) is 0. The van der Waals surface area contributed by atoms with Crippen molar-refractivity contribution in [1.82, 2.24) is 14.8 Å². The third-order valence-corrected chi connectivity index (χ3v) is 6.35. The Hall–Kier alpha value is -1.78. The zero-order valence-electron chi connectivity index (χ0n) is 14.5. The largest absolute Gasteiger partial charge is 0.365 e. The van der Waals surface area contributed by atoms with Crippen LogP contribution in [0.3, 0.4) is 0 Å². The molecule has 2 saturated heterocycles. The Balaban J connectivity index is 1.46. The third-order valence-electron chi connectivity index (χ3n) is 6.35. The van der Waals surface area contributed by atoms with E-state index < -0.39 is 0 Å². The zero-order valence-corrected chi connectivity index (χ0v) is 14.5. The van der Waals surface area contributed by atoms with Crippen LogP contribution in [0.25, 0.3) is 0 Å². The highest BCUT2D eigenvalue weighted by atomic mass is 16.2. The molecule has 0 radical (unpaired) electrons. The molecule has 1 saturated carbocycles. The molecule has 130 valence electrons. The van der Waals surface area contributed by atoms with Gasteiger partial charge in [0.25, 0.3) is 5.91 Å². The van der Waals surface area contributed by atoms with Gasteiger partial charge in [-0.15, -0.1) is 0 Å². The Morgan fingerprint density at radius 3 is 2.79 bits per heavy atom. The topological polar surface area (TPSA) is 56.4 Å². The molecular weight excluding hydrogens is 302 g/mol. The molecule has 1 N–H and O–H groups in total. The van der Waals surface area contributed by atoms with Crippen molar-refractivity contribution in [3.05, 3.63) is 23.5 Å². The Labute approximate surface area is 143 Å². The molecule has 1 aromatic rings. The van der Waals surface area contributed by atoms with Gasteiger partial charge in [-0.3, -0.25) is 9.59 Å². The fourth-order valence-corrected chi connectivity index (χ4v) is 4.59. The van der Waals surface area contributed by atoms with Gasteiger partial charge in [0.05, 0.1) is 11.0 Å². The van der Waals surface area contributed by atoms with E-state index in [2.05, 4.69) is 9.88 Å². The van der Waals surface area contributed by atoms with Crippen molar-refractivity contribution in [3.63, 3.8) is 0 Å². The summed E-state index contributed by atoms with van der Waals surface area (Å²) in [4.78, 5) is 32.9. The van der Waals surface area contributed by atoms with Gasteiger partial charge in [-0.1, -0.05) is 6.42 Å². The van der Waals surface area contributed by atoms with Gasteiger partial charge in [0, 0.05) is 38.1 Å². The monoisotopic (exact) mass is 329 g/mol. The average molecular weight is 329 g/mol. The number of carbonyl (C=O) groups excluding carboxylic acids is 2. The number of carbonyl (C=O) groups is 2. The van der Waals surface area contributed by atoms with Crippen LogP contribution in [0.1, 0.15) is 54.6 Å². The van der Waals surface area contributed by atoms with Crippen LogP contribution in [0.4, 0.5) is 0 Å². The summed E-state index contributed by atoms with van der Waals surface area (Å²) >= 11 is 0. The van der Waals surface area contributed by atoms with Crippen molar-refractivity contribution in [2.75, 3.05) is 26.2 Å². The molecule has 24 heavy (non-hydrogen) atoms. The van der Waals surface area contributed by atoms with Crippen LogP contribution in [0.5, 0.6) is 0 Å². The number of aromatic amines is 1. The van der Waals surface area contributed by atoms with Gasteiger partial charge in [-0.25, -0.2) is 0 Å². The number of aryl methyl sites for hydroxylation is 1. The minimum absolute atomic E-state index is 0.0644. The van der Waals surface area contributed by atoms with Gasteiger partial charge in [-0.2, -0.15) is 0 Å². The lowest BCUT2D eigenvalue weighted by atomic mass is 9.77. The standard InChI is InChI=1S/C19H27N3O2/c1-14-16(6-9-20-14)17(23)22-11-8-19(13-22)7-3-10-21(18(19)24)12-15-4-2-5-15/h6,9,15,20H,2-5,7-8,10-13H2,1H3. The first-order valence-electron chi connectivity index (χ1n) is 9.32.